The molecular weight excluding hydrogens is 279 g/mol. The number of rotatable bonds is 3. The fraction of sp³-hybridized carbons (Fsp3) is 0.500. The first kappa shape index (κ1) is 14.4. The smallest absolute Gasteiger partial charge is 0.126 e. The normalized spacial score (nSPS) is 12.9. The molecule has 1 aromatic rings. The van der Waals surface area contributed by atoms with Crippen LogP contribution in [0.15, 0.2) is 24.3 Å². The zero-order valence-electron chi connectivity index (χ0n) is 9.86. The van der Waals surface area contributed by atoms with E-state index in [-0.39, 0.29) is 5.41 Å². The van der Waals surface area contributed by atoms with Crippen LogP contribution in [0.3, 0.4) is 0 Å². The first-order valence-electron chi connectivity index (χ1n) is 5.35. The molecule has 0 atom stereocenters. The number of hydrogen-bond donors (Lipinski definition) is 0. The molecule has 4 heteroatoms. The number of aryl methyl sites for hydroxylation is 1. The van der Waals surface area contributed by atoms with Gasteiger partial charge in [-0.1, -0.05) is 45.0 Å². The highest BCUT2D eigenvalue weighted by Crippen LogP contribution is 2.27. The van der Waals surface area contributed by atoms with E-state index in [9.17, 15) is 0 Å². The van der Waals surface area contributed by atoms with E-state index in [0.717, 1.165) is 6.42 Å². The molecule has 16 heavy (non-hydrogen) atoms. The van der Waals surface area contributed by atoms with Gasteiger partial charge in [-0.2, -0.15) is 0 Å². The third-order valence-corrected chi connectivity index (χ3v) is 5.03. The van der Waals surface area contributed by atoms with Crippen molar-refractivity contribution in [2.24, 2.45) is 0 Å². The van der Waals surface area contributed by atoms with Gasteiger partial charge in [0.1, 0.15) is 0 Å². The SMILES string of the molecule is CC(C)(C)c1ccc(CC[Si](Cl)(Cl)Cl)cc1. The average molecular weight is 296 g/mol. The van der Waals surface area contributed by atoms with E-state index >= 15 is 0 Å². The molecule has 0 aliphatic heterocycles. The minimum absolute atomic E-state index is 0.197. The van der Waals surface area contributed by atoms with Gasteiger partial charge >= 0.3 is 6.00 Å². The predicted molar refractivity (Wildman–Crippen MR) is 77.0 cm³/mol. The quantitative estimate of drug-likeness (QED) is 0.532. The van der Waals surface area contributed by atoms with Crippen molar-refractivity contribution >= 4 is 39.2 Å². The van der Waals surface area contributed by atoms with Gasteiger partial charge in [0.25, 0.3) is 0 Å². The second-order valence-corrected chi connectivity index (χ2v) is 14.3. The van der Waals surface area contributed by atoms with E-state index in [4.69, 9.17) is 33.2 Å². The lowest BCUT2D eigenvalue weighted by molar-refractivity contribution is 0.590. The van der Waals surface area contributed by atoms with E-state index in [1.165, 1.54) is 11.1 Å². The maximum absolute atomic E-state index is 5.86. The molecule has 0 nitrogen and oxygen atoms in total. The molecule has 0 spiro atoms. The molecule has 0 aromatic heterocycles. The lowest BCUT2D eigenvalue weighted by Gasteiger charge is -2.19. The van der Waals surface area contributed by atoms with Crippen LogP contribution >= 0.6 is 33.2 Å². The van der Waals surface area contributed by atoms with Crippen LogP contribution in [0.2, 0.25) is 6.04 Å². The summed E-state index contributed by atoms with van der Waals surface area (Å²) in [6, 6.07) is 6.80. The summed E-state index contributed by atoms with van der Waals surface area (Å²) in [7, 11) is 0. The molecule has 0 N–H and O–H groups in total. The van der Waals surface area contributed by atoms with Crippen molar-refractivity contribution in [3.8, 4) is 0 Å². The van der Waals surface area contributed by atoms with Crippen LogP contribution in [-0.2, 0) is 11.8 Å². The summed E-state index contributed by atoms with van der Waals surface area (Å²) in [5.74, 6) is 0. The van der Waals surface area contributed by atoms with Gasteiger partial charge in [0.15, 0.2) is 0 Å². The van der Waals surface area contributed by atoms with Crippen LogP contribution in [0, 0.1) is 0 Å². The van der Waals surface area contributed by atoms with Crippen LogP contribution in [0.4, 0.5) is 0 Å². The van der Waals surface area contributed by atoms with Crippen molar-refractivity contribution < 1.29 is 0 Å². The van der Waals surface area contributed by atoms with Gasteiger partial charge in [-0.3, -0.25) is 0 Å². The molecule has 0 fully saturated rings. The summed E-state index contributed by atoms with van der Waals surface area (Å²) in [6.45, 7) is 6.61. The van der Waals surface area contributed by atoms with Gasteiger partial charge in [0.2, 0.25) is 0 Å². The third-order valence-electron chi connectivity index (χ3n) is 2.52. The fourth-order valence-corrected chi connectivity index (χ4v) is 2.88. The Kier molecular flexibility index (Phi) is 4.76. The van der Waals surface area contributed by atoms with E-state index < -0.39 is 6.00 Å². The minimum Gasteiger partial charge on any atom is -0.126 e. The largest absolute Gasteiger partial charge is 0.341 e. The van der Waals surface area contributed by atoms with Gasteiger partial charge < -0.3 is 0 Å². The second kappa shape index (κ2) is 5.30. The lowest BCUT2D eigenvalue weighted by Crippen LogP contribution is -2.12. The summed E-state index contributed by atoms with van der Waals surface area (Å²) in [5.41, 5.74) is 2.77. The van der Waals surface area contributed by atoms with Crippen LogP contribution in [0.25, 0.3) is 0 Å². The zero-order valence-corrected chi connectivity index (χ0v) is 13.1. The Bertz CT molecular complexity index is 333. The Balaban J connectivity index is 2.66. The van der Waals surface area contributed by atoms with Crippen LogP contribution in [-0.4, -0.2) is 6.00 Å². The third kappa shape index (κ3) is 5.09. The molecule has 0 heterocycles. The minimum atomic E-state index is -2.47. The van der Waals surface area contributed by atoms with Gasteiger partial charge in [-0.25, -0.2) is 0 Å². The molecule has 0 saturated heterocycles. The van der Waals surface area contributed by atoms with E-state index in [1.807, 2.05) is 0 Å². The van der Waals surface area contributed by atoms with Crippen molar-refractivity contribution in [1.29, 1.82) is 0 Å². The zero-order chi connectivity index (χ0) is 12.4. The Labute approximate surface area is 113 Å². The molecule has 1 aromatic carbocycles. The Morgan fingerprint density at radius 2 is 1.50 bits per heavy atom. The lowest BCUT2D eigenvalue weighted by atomic mass is 9.86. The molecule has 0 bridgehead atoms. The fourth-order valence-electron chi connectivity index (χ4n) is 1.46. The molecule has 0 aliphatic rings. The highest BCUT2D eigenvalue weighted by molar-refractivity contribution is 7.64. The van der Waals surface area contributed by atoms with Gasteiger partial charge in [-0.05, 0) is 29.0 Å². The number of hydrogen-bond acceptors (Lipinski definition) is 0. The maximum atomic E-state index is 5.86. The molecular formula is C12H17Cl3Si. The highest BCUT2D eigenvalue weighted by Gasteiger charge is 2.24. The van der Waals surface area contributed by atoms with Gasteiger partial charge in [0, 0.05) is 0 Å². The summed E-state index contributed by atoms with van der Waals surface area (Å²) < 4.78 is 0. The molecule has 0 radical (unpaired) electrons. The molecule has 0 amide bonds. The molecule has 90 valence electrons. The van der Waals surface area contributed by atoms with Gasteiger partial charge in [-0.15, -0.1) is 33.2 Å². The summed E-state index contributed by atoms with van der Waals surface area (Å²) >= 11 is 17.6. The Morgan fingerprint density at radius 1 is 1.00 bits per heavy atom. The van der Waals surface area contributed by atoms with Crippen molar-refractivity contribution in [3.63, 3.8) is 0 Å². The standard InChI is InChI=1S/C12H17Cl3Si/c1-12(2,3)11-6-4-10(5-7-11)8-9-16(13,14)15/h4-7H,8-9H2,1-3H3. The topological polar surface area (TPSA) is 0 Å². The maximum Gasteiger partial charge on any atom is 0.341 e. The first-order valence-corrected chi connectivity index (χ1v) is 10.6. The second-order valence-electron chi connectivity index (χ2n) is 5.06. The predicted octanol–water partition coefficient (Wildman–Crippen LogP) is 5.18. The molecule has 1 rings (SSSR count). The average Bonchev–Trinajstić information content (AvgIpc) is 2.13. The van der Waals surface area contributed by atoms with Crippen molar-refractivity contribution in [1.82, 2.24) is 0 Å². The highest BCUT2D eigenvalue weighted by atomic mass is 35.8. The molecule has 0 aliphatic carbocycles. The van der Waals surface area contributed by atoms with Crippen molar-refractivity contribution in [2.75, 3.05) is 0 Å². The summed E-state index contributed by atoms with van der Waals surface area (Å²) in [6.07, 6.45) is 0.854. The van der Waals surface area contributed by atoms with Crippen LogP contribution in [0.1, 0.15) is 31.9 Å². The summed E-state index contributed by atoms with van der Waals surface area (Å²) in [4.78, 5) is 0. The van der Waals surface area contributed by atoms with E-state index in [2.05, 4.69) is 45.0 Å². The van der Waals surface area contributed by atoms with Crippen molar-refractivity contribution in [2.45, 2.75) is 38.7 Å². The van der Waals surface area contributed by atoms with E-state index in [0.29, 0.717) is 6.04 Å². The Hall–Kier alpha value is 0.307. The monoisotopic (exact) mass is 294 g/mol. The molecule has 0 saturated carbocycles. The van der Waals surface area contributed by atoms with Crippen molar-refractivity contribution in [3.05, 3.63) is 35.4 Å². The number of halogens is 3. The Morgan fingerprint density at radius 3 is 1.88 bits per heavy atom. The van der Waals surface area contributed by atoms with Crippen LogP contribution in [0.5, 0.6) is 0 Å². The van der Waals surface area contributed by atoms with E-state index in [1.54, 1.807) is 0 Å². The molecule has 0 unspecified atom stereocenters. The first-order chi connectivity index (χ1) is 7.18. The van der Waals surface area contributed by atoms with Crippen LogP contribution < -0.4 is 0 Å². The number of benzene rings is 1. The summed E-state index contributed by atoms with van der Waals surface area (Å²) in [5, 5.41) is 0. The van der Waals surface area contributed by atoms with Gasteiger partial charge in [0.05, 0.1) is 0 Å².